The summed E-state index contributed by atoms with van der Waals surface area (Å²) in [5.41, 5.74) is 14.1. The van der Waals surface area contributed by atoms with Crippen LogP contribution in [0.5, 0.6) is 0 Å². The van der Waals surface area contributed by atoms with Gasteiger partial charge >= 0.3 is 112 Å². The molecule has 2 aliphatic carbocycles. The molecular weight excluding hydrogens is 584 g/mol. The Hall–Kier alpha value is -2.89. The minimum absolute atomic E-state index is 0.294. The van der Waals surface area contributed by atoms with Gasteiger partial charge in [-0.1, -0.05) is 94.2 Å². The van der Waals surface area contributed by atoms with Gasteiger partial charge in [0, 0.05) is 0 Å². The van der Waals surface area contributed by atoms with Crippen LogP contribution in [0.2, 0.25) is 0 Å². The van der Waals surface area contributed by atoms with Gasteiger partial charge in [-0.05, 0) is 6.42 Å². The van der Waals surface area contributed by atoms with Crippen molar-refractivity contribution in [2.24, 2.45) is 11.3 Å². The first-order valence-corrected chi connectivity index (χ1v) is 16.5. The smallest absolute Gasteiger partial charge is 0.0253 e. The fourth-order valence-electron chi connectivity index (χ4n) is 5.46. The number of hydrogen-bond donors (Lipinski definition) is 0. The maximum Gasteiger partial charge on any atom is -0.0253 e. The van der Waals surface area contributed by atoms with Crippen molar-refractivity contribution in [2.75, 3.05) is 0 Å². The first-order valence-electron chi connectivity index (χ1n) is 15.3. The summed E-state index contributed by atoms with van der Waals surface area (Å²) in [5.74, 6) is 0.573. The van der Waals surface area contributed by atoms with Crippen LogP contribution in [0.25, 0.3) is 11.1 Å². The molecule has 212 valence electrons. The van der Waals surface area contributed by atoms with Gasteiger partial charge in [0.25, 0.3) is 0 Å². The van der Waals surface area contributed by atoms with Gasteiger partial charge < -0.3 is 0 Å². The van der Waals surface area contributed by atoms with E-state index in [0.29, 0.717) is 11.3 Å². The Kier molecular flexibility index (Phi) is 11.1. The van der Waals surface area contributed by atoms with E-state index in [1.165, 1.54) is 89.5 Å². The average molecular weight is 628 g/mol. The third-order valence-corrected chi connectivity index (χ3v) is 9.37. The van der Waals surface area contributed by atoms with Crippen LogP contribution in [0, 0.1) is 37.3 Å². The number of fused-ring (bicyclic) bond motifs is 3. The molecule has 0 radical (unpaired) electrons. The molecule has 1 atom stereocenters. The molecule has 0 aromatic heterocycles. The average Bonchev–Trinajstić information content (AvgIpc) is 3.60. The zero-order chi connectivity index (χ0) is 30.3. The van der Waals surface area contributed by atoms with Gasteiger partial charge in [0.05, 0.1) is 0 Å². The number of hydrogen-bond acceptors (Lipinski definition) is 0. The number of rotatable bonds is 4. The molecule has 42 heavy (non-hydrogen) atoms. The van der Waals surface area contributed by atoms with Crippen molar-refractivity contribution in [3.8, 4) is 11.1 Å². The van der Waals surface area contributed by atoms with Gasteiger partial charge in [-0.15, -0.1) is 5.56 Å². The maximum atomic E-state index is 3.57. The molecule has 0 heterocycles. The fraction of sp³-hybridized carbons (Fsp3) is 0.293. The van der Waals surface area contributed by atoms with Crippen molar-refractivity contribution in [1.29, 1.82) is 0 Å². The molecule has 0 saturated carbocycles. The second-order valence-corrected chi connectivity index (χ2v) is 13.6. The summed E-state index contributed by atoms with van der Waals surface area (Å²) in [6.07, 6.45) is 9.33. The Morgan fingerprint density at radius 3 is 1.88 bits per heavy atom. The van der Waals surface area contributed by atoms with Crippen LogP contribution < -0.4 is 0 Å². The molecule has 0 saturated heterocycles. The molecule has 0 spiro atoms. The van der Waals surface area contributed by atoms with E-state index in [9.17, 15) is 0 Å². The third kappa shape index (κ3) is 8.14. The largest absolute Gasteiger partial charge is 0.179 e. The Morgan fingerprint density at radius 2 is 1.36 bits per heavy atom. The molecule has 1 unspecified atom stereocenters. The second-order valence-electron chi connectivity index (χ2n) is 12.3. The topological polar surface area (TPSA) is 0 Å². The van der Waals surface area contributed by atoms with Crippen molar-refractivity contribution in [1.82, 2.24) is 0 Å². The molecule has 0 bridgehead atoms. The van der Waals surface area contributed by atoms with E-state index in [4.69, 9.17) is 0 Å². The Balaban J connectivity index is 0.000000146. The molecule has 6 rings (SSSR count). The summed E-state index contributed by atoms with van der Waals surface area (Å²) in [6, 6.07) is 35.6. The Bertz CT molecular complexity index is 1470. The van der Waals surface area contributed by atoms with Gasteiger partial charge in [-0.25, -0.2) is 5.57 Å². The summed E-state index contributed by atoms with van der Waals surface area (Å²) in [7, 11) is 0. The summed E-state index contributed by atoms with van der Waals surface area (Å²) < 4.78 is 1.42. The molecule has 0 amide bonds. The Morgan fingerprint density at radius 1 is 0.786 bits per heavy atom. The van der Waals surface area contributed by atoms with Gasteiger partial charge in [0.15, 0.2) is 0 Å². The standard InChI is InChI=1S/C15H14.C13H9.C13H21.Zr/c1-12-3-7-14(8-4-12)11-15-9-5-13(2)6-10-15;1-3-7-12-10(5-1)9-11-6-2-4-8-13(11)12;1-6-10-8-11(7-2)12(9-10)13(3,4)5;/h3-10H,1-2H3;1-5,7-8H,9H2;9-10H,6-7H2,1-5H3;/q;2*-1;+2. The number of allylic oxidation sites excluding steroid dienone is 4. The molecule has 0 nitrogen and oxygen atoms in total. The summed E-state index contributed by atoms with van der Waals surface area (Å²) in [5, 5.41) is 0. The zero-order valence-corrected chi connectivity index (χ0v) is 28.9. The van der Waals surface area contributed by atoms with E-state index in [2.05, 4.69) is 152 Å². The van der Waals surface area contributed by atoms with E-state index in [1.807, 2.05) is 6.07 Å². The minimum Gasteiger partial charge on any atom is -0.179 e. The molecule has 0 aliphatic heterocycles. The van der Waals surface area contributed by atoms with Crippen LogP contribution in [-0.4, -0.2) is 3.21 Å². The van der Waals surface area contributed by atoms with Crippen LogP contribution in [0.4, 0.5) is 0 Å². The molecule has 4 aromatic rings. The van der Waals surface area contributed by atoms with Crippen molar-refractivity contribution in [3.05, 3.63) is 154 Å². The van der Waals surface area contributed by atoms with Crippen molar-refractivity contribution in [2.45, 2.75) is 67.7 Å². The quantitative estimate of drug-likeness (QED) is 0.174. The summed E-state index contributed by atoms with van der Waals surface area (Å²) >= 11 is 1.46. The number of benzene rings is 4. The van der Waals surface area contributed by atoms with Crippen molar-refractivity contribution < 1.29 is 24.2 Å². The van der Waals surface area contributed by atoms with E-state index < -0.39 is 0 Å². The van der Waals surface area contributed by atoms with Crippen LogP contribution in [0.1, 0.15) is 80.8 Å². The van der Waals surface area contributed by atoms with Crippen LogP contribution in [-0.2, 0) is 30.7 Å². The molecule has 4 aromatic carbocycles. The third-order valence-electron chi connectivity index (χ3n) is 7.95. The second kappa shape index (κ2) is 14.5. The zero-order valence-electron chi connectivity index (χ0n) is 26.4. The monoisotopic (exact) mass is 626 g/mol. The van der Waals surface area contributed by atoms with E-state index in [1.54, 1.807) is 0 Å². The predicted molar refractivity (Wildman–Crippen MR) is 177 cm³/mol. The van der Waals surface area contributed by atoms with Crippen LogP contribution >= 0.6 is 0 Å². The first-order chi connectivity index (χ1) is 20.1. The number of aryl methyl sites for hydroxylation is 2. The summed E-state index contributed by atoms with van der Waals surface area (Å²) in [6.45, 7) is 15.6. The maximum absolute atomic E-state index is 3.57. The van der Waals surface area contributed by atoms with Gasteiger partial charge in [-0.3, -0.25) is 6.08 Å². The minimum atomic E-state index is 0.294. The van der Waals surface area contributed by atoms with Crippen LogP contribution in [0.15, 0.2) is 108 Å². The van der Waals surface area contributed by atoms with E-state index >= 15 is 0 Å². The van der Waals surface area contributed by atoms with Gasteiger partial charge in [-0.2, -0.15) is 41.5 Å². The van der Waals surface area contributed by atoms with Crippen molar-refractivity contribution >= 4 is 3.21 Å². The fourth-order valence-corrected chi connectivity index (χ4v) is 6.28. The van der Waals surface area contributed by atoms with Gasteiger partial charge in [0.2, 0.25) is 0 Å². The molecular formula is C41H44Zr. The van der Waals surface area contributed by atoms with Crippen molar-refractivity contribution in [3.63, 3.8) is 0 Å². The van der Waals surface area contributed by atoms with E-state index in [-0.39, 0.29) is 0 Å². The van der Waals surface area contributed by atoms with E-state index in [0.717, 1.165) is 12.8 Å². The first kappa shape index (κ1) is 32.0. The summed E-state index contributed by atoms with van der Waals surface area (Å²) in [4.78, 5) is 0. The normalized spacial score (nSPS) is 14.8. The Labute approximate surface area is 269 Å². The van der Waals surface area contributed by atoms with Crippen LogP contribution in [0.3, 0.4) is 0 Å². The molecule has 2 aliphatic rings. The van der Waals surface area contributed by atoms with Gasteiger partial charge in [0.1, 0.15) is 0 Å². The molecule has 0 fully saturated rings. The molecule has 0 N–H and O–H groups in total. The SMILES string of the molecule is CCC1=[C-]C(CC)C=C1C(C)(C)C.Cc1ccc([C](=[Zr+2])c2ccc(C)cc2)cc1.[c-]1cccc2c1Cc1ccccc1-2. The molecule has 1 heteroatoms. The predicted octanol–water partition coefficient (Wildman–Crippen LogP) is 10.6.